The van der Waals surface area contributed by atoms with Gasteiger partial charge in [0.15, 0.2) is 0 Å². The smallest absolute Gasteiger partial charge is 0.314 e. The summed E-state index contributed by atoms with van der Waals surface area (Å²) in [5, 5.41) is 1.16. The first kappa shape index (κ1) is 23.7. The quantitative estimate of drug-likeness (QED) is 0.685. The topological polar surface area (TPSA) is 65.3 Å². The van der Waals surface area contributed by atoms with Crippen LogP contribution in [0, 0.1) is 6.92 Å². The van der Waals surface area contributed by atoms with Gasteiger partial charge in [0, 0.05) is 7.05 Å². The molecular weight excluding hydrogens is 465 g/mol. The lowest BCUT2D eigenvalue weighted by Gasteiger charge is -2.31. The Morgan fingerprint density at radius 3 is 2.00 bits per heavy atom. The van der Waals surface area contributed by atoms with E-state index in [4.69, 9.17) is 0 Å². The second-order valence-electron chi connectivity index (χ2n) is 6.83. The first-order valence-electron chi connectivity index (χ1n) is 8.50. The lowest BCUT2D eigenvalue weighted by molar-refractivity contribution is -0.366. The van der Waals surface area contributed by atoms with Gasteiger partial charge in [-0.25, -0.2) is 4.68 Å². The molecule has 0 bridgehead atoms. The van der Waals surface area contributed by atoms with Gasteiger partial charge in [-0.15, -0.1) is 0 Å². The maximum Gasteiger partial charge on any atom is 0.428 e. The fourth-order valence-corrected chi connectivity index (χ4v) is 3.00. The zero-order chi connectivity index (χ0) is 24.5. The summed E-state index contributed by atoms with van der Waals surface area (Å²) in [4.78, 5) is 24.5. The van der Waals surface area contributed by atoms with Crippen LogP contribution in [-0.4, -0.2) is 45.0 Å². The van der Waals surface area contributed by atoms with E-state index in [2.05, 4.69) is 4.74 Å². The Bertz CT molecular complexity index is 1130. The molecule has 1 amide bonds. The number of amides is 1. The van der Waals surface area contributed by atoms with Crippen LogP contribution in [0.2, 0.25) is 0 Å². The van der Waals surface area contributed by atoms with Crippen LogP contribution in [0.25, 0.3) is 5.69 Å². The van der Waals surface area contributed by atoms with Crippen LogP contribution in [0.5, 0.6) is 0 Å². The van der Waals surface area contributed by atoms with Gasteiger partial charge in [-0.05, 0) is 19.1 Å². The van der Waals surface area contributed by atoms with E-state index < -0.39 is 46.9 Å². The van der Waals surface area contributed by atoms with Crippen molar-refractivity contribution in [1.29, 1.82) is 0 Å². The van der Waals surface area contributed by atoms with Gasteiger partial charge in [-0.2, -0.15) is 39.5 Å². The average Bonchev–Trinajstić information content (AvgIpc) is 2.95. The monoisotopic (exact) mass is 477 g/mol. The van der Waals surface area contributed by atoms with Crippen LogP contribution in [-0.2, 0) is 16.6 Å². The van der Waals surface area contributed by atoms with E-state index in [1.807, 2.05) is 0 Å². The summed E-state index contributed by atoms with van der Waals surface area (Å²) in [5.41, 5.74) is -2.24. The predicted octanol–water partition coefficient (Wildman–Crippen LogP) is 3.62. The summed E-state index contributed by atoms with van der Waals surface area (Å²) >= 11 is 0. The van der Waals surface area contributed by atoms with E-state index in [1.165, 1.54) is 31.3 Å². The van der Waals surface area contributed by atoms with Gasteiger partial charge < -0.3 is 5.32 Å². The van der Waals surface area contributed by atoms with Crippen molar-refractivity contribution >= 4 is 11.6 Å². The number of para-hydroxylation sites is 1. The van der Waals surface area contributed by atoms with Gasteiger partial charge in [-0.1, -0.05) is 18.2 Å². The number of alkyl halides is 9. The molecule has 1 saturated heterocycles. The molecule has 0 saturated carbocycles. The minimum atomic E-state index is -6.82. The fraction of sp³-hybridized carbons (Fsp3) is 0.412. The summed E-state index contributed by atoms with van der Waals surface area (Å²) in [6.45, 7) is 1.11. The van der Waals surface area contributed by atoms with Crippen molar-refractivity contribution in [3.63, 3.8) is 0 Å². The molecule has 1 atom stereocenters. The van der Waals surface area contributed by atoms with E-state index in [9.17, 15) is 49.1 Å². The van der Waals surface area contributed by atoms with E-state index in [1.54, 1.807) is 6.07 Å². The van der Waals surface area contributed by atoms with Crippen molar-refractivity contribution in [2.24, 2.45) is 7.05 Å². The molecule has 0 spiro atoms. The summed E-state index contributed by atoms with van der Waals surface area (Å²) in [6.07, 6.45) is -6.36. The van der Waals surface area contributed by atoms with Crippen molar-refractivity contribution in [3.05, 3.63) is 46.4 Å². The van der Waals surface area contributed by atoms with E-state index in [0.29, 0.717) is 0 Å². The largest absolute Gasteiger partial charge is 0.428 e. The molecule has 0 aliphatic carbocycles. The third-order valence-electron chi connectivity index (χ3n) is 4.91. The lowest BCUT2D eigenvalue weighted by atomic mass is 9.99. The molecule has 32 heavy (non-hydrogen) atoms. The number of hydrogen-bond donors (Lipinski definition) is 1. The highest BCUT2D eigenvalue weighted by Crippen LogP contribution is 2.64. The van der Waals surface area contributed by atoms with Gasteiger partial charge >= 0.3 is 35.6 Å². The Morgan fingerprint density at radius 2 is 1.53 bits per heavy atom. The Morgan fingerprint density at radius 1 is 1.00 bits per heavy atom. The minimum Gasteiger partial charge on any atom is -0.314 e. The zero-order valence-electron chi connectivity index (χ0n) is 15.9. The molecule has 2 heterocycles. The predicted molar refractivity (Wildman–Crippen MR) is 89.1 cm³/mol. The summed E-state index contributed by atoms with van der Waals surface area (Å²) in [6, 6.07) is 7.34. The van der Waals surface area contributed by atoms with Crippen molar-refractivity contribution in [2.45, 2.75) is 36.7 Å². The number of rotatable bonds is 4. The summed E-state index contributed by atoms with van der Waals surface area (Å²) < 4.78 is 127. The van der Waals surface area contributed by atoms with Crippen molar-refractivity contribution in [2.75, 3.05) is 5.32 Å². The molecule has 15 heteroatoms. The number of halogens is 9. The van der Waals surface area contributed by atoms with Gasteiger partial charge in [0.25, 0.3) is 5.56 Å². The third kappa shape index (κ3) is 2.79. The van der Waals surface area contributed by atoms with Gasteiger partial charge in [0.2, 0.25) is 0 Å². The Hall–Kier alpha value is -2.97. The number of benzene rings is 1. The van der Waals surface area contributed by atoms with Gasteiger partial charge in [0.1, 0.15) is 5.69 Å². The molecule has 176 valence electrons. The molecule has 1 aliphatic heterocycles. The van der Waals surface area contributed by atoms with Crippen LogP contribution >= 0.6 is 0 Å². The Labute approximate surface area is 172 Å². The highest BCUT2D eigenvalue weighted by atomic mass is 19.4. The number of anilines is 1. The molecule has 1 aliphatic rings. The van der Waals surface area contributed by atoms with E-state index in [0.717, 1.165) is 21.6 Å². The first-order chi connectivity index (χ1) is 14.4. The molecule has 1 fully saturated rings. The summed E-state index contributed by atoms with van der Waals surface area (Å²) in [7, 11) is 1.24. The maximum atomic E-state index is 14.3. The van der Waals surface area contributed by atoms with Crippen LogP contribution < -0.4 is 10.9 Å². The third-order valence-corrected chi connectivity index (χ3v) is 4.91. The molecule has 2 aromatic rings. The number of nitrogens with one attached hydrogen (secondary N) is 1. The standard InChI is InChI=1S/C17H12F9N3O3/c1-8-10(11(30)29(28(8)2)9-6-4-3-5-7-9)27-12(31)13(18,19)16(24)14(20,21)15(22,23)17(25,26)32-16/h3-7H,1-2H3,(H,27,31). The average molecular weight is 477 g/mol. The fourth-order valence-electron chi connectivity index (χ4n) is 3.00. The highest BCUT2D eigenvalue weighted by molar-refractivity contribution is 5.97. The second kappa shape index (κ2) is 6.76. The van der Waals surface area contributed by atoms with Crippen molar-refractivity contribution in [3.8, 4) is 5.69 Å². The molecule has 0 radical (unpaired) electrons. The number of carbonyl (C=O) groups is 1. The van der Waals surface area contributed by atoms with Crippen LogP contribution in [0.1, 0.15) is 5.69 Å². The minimum absolute atomic E-state index is 0.169. The Balaban J connectivity index is 2.04. The van der Waals surface area contributed by atoms with E-state index >= 15 is 0 Å². The lowest BCUT2D eigenvalue weighted by Crippen LogP contribution is -2.63. The SMILES string of the molecule is Cc1c(NC(=O)C(F)(F)C2(F)OC(F)(F)C(F)(F)C2(F)F)c(=O)n(-c2ccccc2)n1C. The van der Waals surface area contributed by atoms with Crippen LogP contribution in [0.4, 0.5) is 45.2 Å². The number of carbonyl (C=O) groups excluding carboxylic acids is 1. The van der Waals surface area contributed by atoms with Gasteiger partial charge in [-0.3, -0.25) is 19.0 Å². The molecular formula is C17H12F9N3O3. The number of nitrogens with zero attached hydrogens (tertiary/aromatic N) is 2. The van der Waals surface area contributed by atoms with Crippen LogP contribution in [0.3, 0.4) is 0 Å². The van der Waals surface area contributed by atoms with Crippen LogP contribution in [0.15, 0.2) is 35.1 Å². The first-order valence-corrected chi connectivity index (χ1v) is 8.50. The van der Waals surface area contributed by atoms with E-state index in [-0.39, 0.29) is 11.4 Å². The Kier molecular flexibility index (Phi) is 5.01. The number of hydrogen-bond acceptors (Lipinski definition) is 3. The number of ether oxygens (including phenoxy) is 1. The molecule has 6 nitrogen and oxygen atoms in total. The molecule has 1 unspecified atom stereocenters. The zero-order valence-corrected chi connectivity index (χ0v) is 15.9. The van der Waals surface area contributed by atoms with Gasteiger partial charge in [0.05, 0.1) is 11.4 Å². The normalized spacial score (nSPS) is 23.8. The maximum absolute atomic E-state index is 14.3. The highest BCUT2D eigenvalue weighted by Gasteiger charge is 2.96. The van der Waals surface area contributed by atoms with Crippen molar-refractivity contribution in [1.82, 2.24) is 9.36 Å². The molecule has 1 N–H and O–H groups in total. The molecule has 3 rings (SSSR count). The molecule has 1 aromatic carbocycles. The van der Waals surface area contributed by atoms with Crippen molar-refractivity contribution < 1.29 is 49.0 Å². The number of aromatic nitrogens is 2. The summed E-state index contributed by atoms with van der Waals surface area (Å²) in [5.74, 6) is -29.3. The molecule has 1 aromatic heterocycles. The second-order valence-corrected chi connectivity index (χ2v) is 6.83.